The summed E-state index contributed by atoms with van der Waals surface area (Å²) in [5.41, 5.74) is 7.65. The fourth-order valence-corrected chi connectivity index (χ4v) is 4.91. The number of carbonyl (C=O) groups excluding carboxylic acids is 1. The van der Waals surface area contributed by atoms with Crippen LogP contribution in [0.4, 0.5) is 4.39 Å². The molecule has 0 amide bonds. The summed E-state index contributed by atoms with van der Waals surface area (Å²) < 4.78 is 30.8. The van der Waals surface area contributed by atoms with Crippen molar-refractivity contribution in [2.45, 2.75) is 38.9 Å². The van der Waals surface area contributed by atoms with E-state index in [0.717, 1.165) is 41.5 Å². The predicted molar refractivity (Wildman–Crippen MR) is 133 cm³/mol. The van der Waals surface area contributed by atoms with Gasteiger partial charge in [0.2, 0.25) is 0 Å². The topological polar surface area (TPSA) is 44.8 Å². The van der Waals surface area contributed by atoms with E-state index in [2.05, 4.69) is 18.2 Å². The van der Waals surface area contributed by atoms with Crippen molar-refractivity contribution in [3.8, 4) is 16.9 Å². The molecule has 1 fully saturated rings. The molecule has 1 aliphatic heterocycles. The van der Waals surface area contributed by atoms with Gasteiger partial charge in [-0.2, -0.15) is 0 Å². The second-order valence-corrected chi connectivity index (χ2v) is 9.26. The normalized spacial score (nSPS) is 17.9. The molecule has 0 aromatic heterocycles. The van der Waals surface area contributed by atoms with Gasteiger partial charge in [0.25, 0.3) is 0 Å². The number of hydrogen-bond donors (Lipinski definition) is 0. The molecule has 0 unspecified atom stereocenters. The Balaban J connectivity index is 1.40. The summed E-state index contributed by atoms with van der Waals surface area (Å²) in [5, 5.41) is 0. The van der Waals surface area contributed by atoms with Crippen molar-refractivity contribution < 1.29 is 23.4 Å². The Morgan fingerprint density at radius 3 is 2.43 bits per heavy atom. The number of hydrogen-bond acceptors (Lipinski definition) is 4. The first-order valence-electron chi connectivity index (χ1n) is 11.9. The summed E-state index contributed by atoms with van der Waals surface area (Å²) in [6.45, 7) is 2.39. The number of allylic oxidation sites excluding steroid dienone is 1. The third kappa shape index (κ3) is 4.73. The first kappa shape index (κ1) is 23.3. The number of fused-ring (bicyclic) bond motifs is 1. The van der Waals surface area contributed by atoms with Crippen molar-refractivity contribution in [1.82, 2.24) is 0 Å². The molecular weight excluding hydrogens is 443 g/mol. The number of methoxy groups -OCH3 is 2. The third-order valence-electron chi connectivity index (χ3n) is 7.01. The first-order chi connectivity index (χ1) is 17.0. The number of halogens is 1. The molecule has 0 saturated heterocycles. The minimum absolute atomic E-state index is 0.0861. The smallest absolute Gasteiger partial charge is 0.333 e. The highest BCUT2D eigenvalue weighted by atomic mass is 19.1. The molecule has 0 radical (unpaired) electrons. The van der Waals surface area contributed by atoms with Gasteiger partial charge in [-0.05, 0) is 77.3 Å². The zero-order chi connectivity index (χ0) is 24.5. The summed E-state index contributed by atoms with van der Waals surface area (Å²) >= 11 is 0. The summed E-state index contributed by atoms with van der Waals surface area (Å²) in [4.78, 5) is 12.2. The lowest BCUT2D eigenvalue weighted by molar-refractivity contribution is -0.135. The lowest BCUT2D eigenvalue weighted by atomic mass is 9.89. The van der Waals surface area contributed by atoms with E-state index in [1.54, 1.807) is 19.2 Å². The van der Waals surface area contributed by atoms with E-state index in [0.29, 0.717) is 29.4 Å². The Kier molecular flexibility index (Phi) is 6.44. The minimum Gasteiger partial charge on any atom is -0.497 e. The quantitative estimate of drug-likeness (QED) is 0.297. The van der Waals surface area contributed by atoms with Crippen LogP contribution in [0.1, 0.15) is 48.1 Å². The van der Waals surface area contributed by atoms with Crippen molar-refractivity contribution in [2.24, 2.45) is 5.92 Å². The van der Waals surface area contributed by atoms with Crippen LogP contribution in [-0.4, -0.2) is 20.2 Å². The molecule has 0 bridgehead atoms. The molecule has 1 atom stereocenters. The largest absolute Gasteiger partial charge is 0.497 e. The van der Waals surface area contributed by atoms with Crippen LogP contribution in [0.25, 0.3) is 16.7 Å². The predicted octanol–water partition coefficient (Wildman–Crippen LogP) is 6.67. The minimum atomic E-state index is -0.282. The zero-order valence-electron chi connectivity index (χ0n) is 20.3. The van der Waals surface area contributed by atoms with Crippen LogP contribution in [0.15, 0.2) is 66.2 Å². The SMILES string of the molecule is COC(=O)/C(C)=C(\c1ccc2c(c1)C[C@@H](c1ccc(-c3cc(OC)ccc3F)cc1)OC2)C1CC1. The van der Waals surface area contributed by atoms with Gasteiger partial charge in [0.05, 0.1) is 26.9 Å². The Hall–Kier alpha value is -3.44. The Bertz CT molecular complexity index is 1290. The highest BCUT2D eigenvalue weighted by molar-refractivity contribution is 5.98. The summed E-state index contributed by atoms with van der Waals surface area (Å²) in [7, 11) is 3.00. The van der Waals surface area contributed by atoms with Gasteiger partial charge in [-0.3, -0.25) is 0 Å². The fraction of sp³-hybridized carbons (Fsp3) is 0.300. The molecule has 0 spiro atoms. The molecule has 4 nitrogen and oxygen atoms in total. The van der Waals surface area contributed by atoms with Gasteiger partial charge in [0, 0.05) is 17.6 Å². The van der Waals surface area contributed by atoms with Crippen LogP contribution >= 0.6 is 0 Å². The number of carbonyl (C=O) groups is 1. The first-order valence-corrected chi connectivity index (χ1v) is 11.9. The average Bonchev–Trinajstić information content (AvgIpc) is 3.73. The lowest BCUT2D eigenvalue weighted by Crippen LogP contribution is -2.16. The number of ether oxygens (including phenoxy) is 3. The number of benzene rings is 3. The number of rotatable bonds is 6. The third-order valence-corrected chi connectivity index (χ3v) is 7.01. The van der Waals surface area contributed by atoms with Gasteiger partial charge < -0.3 is 14.2 Å². The Labute approximate surface area is 205 Å². The van der Waals surface area contributed by atoms with Gasteiger partial charge >= 0.3 is 5.97 Å². The van der Waals surface area contributed by atoms with Gasteiger partial charge in [-0.25, -0.2) is 9.18 Å². The molecule has 2 aliphatic rings. The van der Waals surface area contributed by atoms with Crippen molar-refractivity contribution in [3.05, 3.63) is 94.3 Å². The van der Waals surface area contributed by atoms with E-state index in [9.17, 15) is 9.18 Å². The van der Waals surface area contributed by atoms with Crippen molar-refractivity contribution in [2.75, 3.05) is 14.2 Å². The summed E-state index contributed by atoms with van der Waals surface area (Å²) in [6, 6.07) is 19.0. The molecular formula is C30H29FO4. The van der Waals surface area contributed by atoms with E-state index in [1.807, 2.05) is 31.2 Å². The maximum atomic E-state index is 14.4. The van der Waals surface area contributed by atoms with E-state index >= 15 is 0 Å². The van der Waals surface area contributed by atoms with E-state index < -0.39 is 0 Å². The van der Waals surface area contributed by atoms with Crippen LogP contribution in [0, 0.1) is 11.7 Å². The van der Waals surface area contributed by atoms with Crippen molar-refractivity contribution >= 4 is 11.5 Å². The molecule has 1 aliphatic carbocycles. The van der Waals surface area contributed by atoms with Crippen molar-refractivity contribution in [3.63, 3.8) is 0 Å². The molecule has 35 heavy (non-hydrogen) atoms. The number of esters is 1. The Morgan fingerprint density at radius 1 is 0.971 bits per heavy atom. The van der Waals surface area contributed by atoms with Crippen LogP contribution in [-0.2, 0) is 27.3 Å². The molecule has 1 saturated carbocycles. The summed E-state index contributed by atoms with van der Waals surface area (Å²) in [5.74, 6) is 0.497. The van der Waals surface area contributed by atoms with E-state index in [1.165, 1.54) is 24.3 Å². The molecule has 3 aromatic carbocycles. The van der Waals surface area contributed by atoms with Crippen LogP contribution in [0.2, 0.25) is 0 Å². The fourth-order valence-electron chi connectivity index (χ4n) is 4.91. The molecule has 3 aromatic rings. The van der Waals surface area contributed by atoms with Crippen LogP contribution in [0.3, 0.4) is 0 Å². The molecule has 180 valence electrons. The van der Waals surface area contributed by atoms with Gasteiger partial charge in [0.1, 0.15) is 11.6 Å². The standard InChI is InChI=1S/C30H29FO4/c1-18(30(32)34-3)29(21-8-9-21)22-10-11-23-17-35-28(15-24(23)14-22)20-6-4-19(5-7-20)26-16-25(33-2)12-13-27(26)31/h4-7,10-14,16,21,28H,8-9,15,17H2,1-3H3/b29-18-/t28-/m0/s1. The zero-order valence-corrected chi connectivity index (χ0v) is 20.3. The van der Waals surface area contributed by atoms with Crippen LogP contribution < -0.4 is 4.74 Å². The maximum absolute atomic E-state index is 14.4. The molecule has 5 heteroatoms. The molecule has 5 rings (SSSR count). The second kappa shape index (κ2) is 9.67. The van der Waals surface area contributed by atoms with E-state index in [4.69, 9.17) is 14.2 Å². The Morgan fingerprint density at radius 2 is 1.74 bits per heavy atom. The van der Waals surface area contributed by atoms with Crippen LogP contribution in [0.5, 0.6) is 5.75 Å². The van der Waals surface area contributed by atoms with Gasteiger partial charge in [-0.15, -0.1) is 0 Å². The lowest BCUT2D eigenvalue weighted by Gasteiger charge is -2.27. The monoisotopic (exact) mass is 472 g/mol. The maximum Gasteiger partial charge on any atom is 0.333 e. The van der Waals surface area contributed by atoms with Crippen molar-refractivity contribution in [1.29, 1.82) is 0 Å². The second-order valence-electron chi connectivity index (χ2n) is 9.26. The van der Waals surface area contributed by atoms with Gasteiger partial charge in [0.15, 0.2) is 0 Å². The molecule has 1 heterocycles. The highest BCUT2D eigenvalue weighted by Gasteiger charge is 2.31. The highest BCUT2D eigenvalue weighted by Crippen LogP contribution is 2.45. The summed E-state index contributed by atoms with van der Waals surface area (Å²) in [6.07, 6.45) is 2.86. The molecule has 0 N–H and O–H groups in total. The van der Waals surface area contributed by atoms with E-state index in [-0.39, 0.29) is 17.9 Å². The average molecular weight is 473 g/mol. The van der Waals surface area contributed by atoms with Gasteiger partial charge in [-0.1, -0.05) is 42.5 Å².